The maximum atomic E-state index is 12.5. The van der Waals surface area contributed by atoms with Crippen LogP contribution >= 0.6 is 12.4 Å². The number of carbonyl (C=O) groups is 1. The number of nitrogens with one attached hydrogen (secondary N) is 1. The molecular formula is C18H27ClN2O2. The van der Waals surface area contributed by atoms with Gasteiger partial charge in [0.1, 0.15) is 0 Å². The molecule has 1 atom stereocenters. The van der Waals surface area contributed by atoms with Crippen molar-refractivity contribution in [3.05, 3.63) is 34.9 Å². The number of carbonyl (C=O) groups excluding carboxylic acids is 1. The lowest BCUT2D eigenvalue weighted by Gasteiger charge is -2.33. The molecular weight excluding hydrogens is 312 g/mol. The summed E-state index contributed by atoms with van der Waals surface area (Å²) in [6, 6.07) is 6.61. The SMILES string of the molecule is CC(NC(=O)C1(N)CCOCC1)c1ccc2c(c1)CCCC2.Cl. The molecule has 0 saturated carbocycles. The number of rotatable bonds is 3. The zero-order valence-electron chi connectivity index (χ0n) is 13.8. The minimum atomic E-state index is -0.777. The Morgan fingerprint density at radius 1 is 1.22 bits per heavy atom. The van der Waals surface area contributed by atoms with Crippen LogP contribution in [0.4, 0.5) is 0 Å². The average molecular weight is 339 g/mol. The van der Waals surface area contributed by atoms with Crippen molar-refractivity contribution in [3.63, 3.8) is 0 Å². The number of hydrogen-bond acceptors (Lipinski definition) is 3. The van der Waals surface area contributed by atoms with E-state index in [1.54, 1.807) is 0 Å². The molecule has 1 fully saturated rings. The van der Waals surface area contributed by atoms with Gasteiger partial charge in [-0.15, -0.1) is 12.4 Å². The van der Waals surface area contributed by atoms with Crippen LogP contribution in [0.15, 0.2) is 18.2 Å². The lowest BCUT2D eigenvalue weighted by molar-refractivity contribution is -0.130. The van der Waals surface area contributed by atoms with Gasteiger partial charge in [-0.2, -0.15) is 0 Å². The number of amides is 1. The van der Waals surface area contributed by atoms with E-state index >= 15 is 0 Å². The van der Waals surface area contributed by atoms with E-state index in [1.165, 1.54) is 36.0 Å². The van der Waals surface area contributed by atoms with Gasteiger partial charge in [0, 0.05) is 13.2 Å². The Bertz CT molecular complexity index is 556. The van der Waals surface area contributed by atoms with Gasteiger partial charge in [0.15, 0.2) is 0 Å². The highest BCUT2D eigenvalue weighted by Gasteiger charge is 2.36. The fraction of sp³-hybridized carbons (Fsp3) is 0.611. The molecule has 3 N–H and O–H groups in total. The van der Waals surface area contributed by atoms with Gasteiger partial charge in [0.2, 0.25) is 5.91 Å². The molecule has 0 aromatic heterocycles. The van der Waals surface area contributed by atoms with Crippen LogP contribution in [0.25, 0.3) is 0 Å². The quantitative estimate of drug-likeness (QED) is 0.890. The average Bonchev–Trinajstić information content (AvgIpc) is 2.55. The molecule has 1 aliphatic carbocycles. The van der Waals surface area contributed by atoms with Crippen LogP contribution < -0.4 is 11.1 Å². The molecule has 4 nitrogen and oxygen atoms in total. The second-order valence-corrected chi connectivity index (χ2v) is 6.70. The minimum absolute atomic E-state index is 0. The number of ether oxygens (including phenoxy) is 1. The molecule has 0 spiro atoms. The molecule has 1 amide bonds. The van der Waals surface area contributed by atoms with Gasteiger partial charge in [-0.1, -0.05) is 18.2 Å². The number of hydrogen-bond donors (Lipinski definition) is 2. The molecule has 1 unspecified atom stereocenters. The van der Waals surface area contributed by atoms with Crippen molar-refractivity contribution in [1.29, 1.82) is 0 Å². The molecule has 128 valence electrons. The topological polar surface area (TPSA) is 64.4 Å². The molecule has 3 rings (SSSR count). The van der Waals surface area contributed by atoms with Gasteiger partial charge in [0.25, 0.3) is 0 Å². The number of halogens is 1. The van der Waals surface area contributed by atoms with Gasteiger partial charge in [0.05, 0.1) is 11.6 Å². The molecule has 1 heterocycles. The van der Waals surface area contributed by atoms with Gasteiger partial charge in [-0.25, -0.2) is 0 Å². The highest BCUT2D eigenvalue weighted by Crippen LogP contribution is 2.25. The lowest BCUT2D eigenvalue weighted by Crippen LogP contribution is -2.57. The summed E-state index contributed by atoms with van der Waals surface area (Å²) < 4.78 is 5.31. The molecule has 1 saturated heterocycles. The first-order valence-corrected chi connectivity index (χ1v) is 8.38. The van der Waals surface area contributed by atoms with Gasteiger partial charge in [-0.3, -0.25) is 4.79 Å². The summed E-state index contributed by atoms with van der Waals surface area (Å²) in [4.78, 5) is 12.5. The summed E-state index contributed by atoms with van der Waals surface area (Å²) >= 11 is 0. The first-order valence-electron chi connectivity index (χ1n) is 8.38. The van der Waals surface area contributed by atoms with E-state index < -0.39 is 5.54 Å². The van der Waals surface area contributed by atoms with E-state index in [1.807, 2.05) is 6.92 Å². The number of nitrogens with two attached hydrogens (primary N) is 1. The Morgan fingerprint density at radius 3 is 2.57 bits per heavy atom. The predicted octanol–water partition coefficient (Wildman–Crippen LogP) is 2.67. The molecule has 0 radical (unpaired) electrons. The van der Waals surface area contributed by atoms with Crippen LogP contribution in [-0.4, -0.2) is 24.7 Å². The zero-order chi connectivity index (χ0) is 15.6. The maximum absolute atomic E-state index is 12.5. The van der Waals surface area contributed by atoms with Gasteiger partial charge in [-0.05, 0) is 62.1 Å². The Balaban J connectivity index is 0.00000192. The Hall–Kier alpha value is -1.10. The van der Waals surface area contributed by atoms with Crippen LogP contribution in [0.5, 0.6) is 0 Å². The first kappa shape index (κ1) is 18.2. The number of fused-ring (bicyclic) bond motifs is 1. The van der Waals surface area contributed by atoms with Crippen LogP contribution in [0, 0.1) is 0 Å². The number of benzene rings is 1. The van der Waals surface area contributed by atoms with E-state index in [4.69, 9.17) is 10.5 Å². The summed E-state index contributed by atoms with van der Waals surface area (Å²) in [7, 11) is 0. The maximum Gasteiger partial charge on any atom is 0.240 e. The van der Waals surface area contributed by atoms with Crippen molar-refractivity contribution >= 4 is 18.3 Å². The molecule has 1 aromatic carbocycles. The van der Waals surface area contributed by atoms with E-state index in [2.05, 4.69) is 23.5 Å². The highest BCUT2D eigenvalue weighted by atomic mass is 35.5. The van der Waals surface area contributed by atoms with Crippen molar-refractivity contribution in [2.24, 2.45) is 5.73 Å². The third-order valence-electron chi connectivity index (χ3n) is 5.06. The monoisotopic (exact) mass is 338 g/mol. The molecule has 5 heteroatoms. The Morgan fingerprint density at radius 2 is 1.87 bits per heavy atom. The highest BCUT2D eigenvalue weighted by molar-refractivity contribution is 5.86. The van der Waals surface area contributed by atoms with Crippen molar-refractivity contribution in [1.82, 2.24) is 5.32 Å². The van der Waals surface area contributed by atoms with Crippen molar-refractivity contribution in [3.8, 4) is 0 Å². The van der Waals surface area contributed by atoms with Crippen molar-refractivity contribution in [2.45, 2.75) is 57.0 Å². The van der Waals surface area contributed by atoms with Gasteiger partial charge < -0.3 is 15.8 Å². The largest absolute Gasteiger partial charge is 0.381 e. The Labute approximate surface area is 144 Å². The normalized spacial score (nSPS) is 20.8. The minimum Gasteiger partial charge on any atom is -0.381 e. The van der Waals surface area contributed by atoms with E-state index in [0.717, 1.165) is 6.42 Å². The molecule has 0 bridgehead atoms. The summed E-state index contributed by atoms with van der Waals surface area (Å²) in [5.74, 6) is -0.0546. The van der Waals surface area contributed by atoms with Crippen molar-refractivity contribution < 1.29 is 9.53 Å². The summed E-state index contributed by atoms with van der Waals surface area (Å²) in [6.07, 6.45) is 6.08. The Kier molecular flexibility index (Phi) is 6.06. The third-order valence-corrected chi connectivity index (χ3v) is 5.06. The fourth-order valence-electron chi connectivity index (χ4n) is 3.41. The van der Waals surface area contributed by atoms with Crippen molar-refractivity contribution in [2.75, 3.05) is 13.2 Å². The third kappa shape index (κ3) is 4.06. The smallest absolute Gasteiger partial charge is 0.240 e. The van der Waals surface area contributed by atoms with E-state index in [9.17, 15) is 4.79 Å². The van der Waals surface area contributed by atoms with Crippen LogP contribution in [0.2, 0.25) is 0 Å². The first-order chi connectivity index (χ1) is 10.6. The van der Waals surface area contributed by atoms with Crippen LogP contribution in [-0.2, 0) is 22.4 Å². The van der Waals surface area contributed by atoms with Crippen LogP contribution in [0.1, 0.15) is 55.3 Å². The molecule has 23 heavy (non-hydrogen) atoms. The van der Waals surface area contributed by atoms with Crippen LogP contribution in [0.3, 0.4) is 0 Å². The van der Waals surface area contributed by atoms with Gasteiger partial charge >= 0.3 is 0 Å². The summed E-state index contributed by atoms with van der Waals surface area (Å²) in [5, 5.41) is 3.09. The molecule has 1 aromatic rings. The molecule has 2 aliphatic rings. The summed E-state index contributed by atoms with van der Waals surface area (Å²) in [5.41, 5.74) is 9.55. The summed E-state index contributed by atoms with van der Waals surface area (Å²) in [6.45, 7) is 3.17. The predicted molar refractivity (Wildman–Crippen MR) is 93.9 cm³/mol. The number of aryl methyl sites for hydroxylation is 2. The molecule has 1 aliphatic heterocycles. The lowest BCUT2D eigenvalue weighted by atomic mass is 9.88. The second-order valence-electron chi connectivity index (χ2n) is 6.70. The van der Waals surface area contributed by atoms with E-state index in [0.29, 0.717) is 26.1 Å². The fourth-order valence-corrected chi connectivity index (χ4v) is 3.41. The second kappa shape index (κ2) is 7.65. The zero-order valence-corrected chi connectivity index (χ0v) is 14.6. The van der Waals surface area contributed by atoms with E-state index in [-0.39, 0.29) is 24.4 Å². The standard InChI is InChI=1S/C18H26N2O2.ClH/c1-13(20-17(21)18(19)8-10-22-11-9-18)15-7-6-14-4-2-3-5-16(14)12-15;/h6-7,12-13H,2-5,8-11,19H2,1H3,(H,20,21);1H.